The molecule has 0 spiro atoms. The Morgan fingerprint density at radius 2 is 1.75 bits per heavy atom. The van der Waals surface area contributed by atoms with Gasteiger partial charge in [0.05, 0.1) is 0 Å². The molecule has 0 saturated heterocycles. The van der Waals surface area contributed by atoms with Crippen molar-refractivity contribution < 1.29 is 9.90 Å². The zero-order chi connectivity index (χ0) is 12.4. The Kier molecular flexibility index (Phi) is 9.24. The van der Waals surface area contributed by atoms with Gasteiger partial charge in [0.2, 0.25) is 0 Å². The summed E-state index contributed by atoms with van der Waals surface area (Å²) in [7, 11) is 0. The lowest BCUT2D eigenvalue weighted by atomic mass is 10.2. The van der Waals surface area contributed by atoms with Crippen molar-refractivity contribution in [3.8, 4) is 0 Å². The van der Waals surface area contributed by atoms with E-state index in [1.54, 1.807) is 0 Å². The first kappa shape index (κ1) is 15.4. The van der Waals surface area contributed by atoms with Gasteiger partial charge in [-0.25, -0.2) is 0 Å². The molecule has 0 amide bonds. The zero-order valence-electron chi connectivity index (χ0n) is 10.8. The van der Waals surface area contributed by atoms with Gasteiger partial charge >= 0.3 is 5.97 Å². The van der Waals surface area contributed by atoms with Crippen LogP contribution in [0.1, 0.15) is 40.0 Å². The highest BCUT2D eigenvalue weighted by atomic mass is 16.4. The number of hydrogen-bond acceptors (Lipinski definition) is 3. The zero-order valence-corrected chi connectivity index (χ0v) is 10.8. The second-order valence-electron chi connectivity index (χ2n) is 4.15. The second-order valence-corrected chi connectivity index (χ2v) is 4.15. The lowest BCUT2D eigenvalue weighted by Crippen LogP contribution is -2.46. The Labute approximate surface area is 99.0 Å². The lowest BCUT2D eigenvalue weighted by Gasteiger charge is -2.25. The van der Waals surface area contributed by atoms with E-state index < -0.39 is 12.0 Å². The van der Waals surface area contributed by atoms with Gasteiger partial charge in [0.15, 0.2) is 0 Å². The van der Waals surface area contributed by atoms with Crippen molar-refractivity contribution in [2.75, 3.05) is 26.2 Å². The van der Waals surface area contributed by atoms with Gasteiger partial charge in [-0.3, -0.25) is 4.79 Å². The van der Waals surface area contributed by atoms with E-state index in [0.29, 0.717) is 6.54 Å². The number of rotatable bonds is 10. The average molecular weight is 230 g/mol. The molecule has 0 aliphatic carbocycles. The van der Waals surface area contributed by atoms with Crippen LogP contribution in [0.5, 0.6) is 0 Å². The smallest absolute Gasteiger partial charge is 0.322 e. The molecule has 4 nitrogen and oxygen atoms in total. The number of nitrogens with one attached hydrogen (secondary N) is 1. The van der Waals surface area contributed by atoms with Crippen molar-refractivity contribution in [2.45, 2.75) is 46.1 Å². The summed E-state index contributed by atoms with van der Waals surface area (Å²) in [5, 5.41) is 12.2. The predicted molar refractivity (Wildman–Crippen MR) is 66.7 cm³/mol. The van der Waals surface area contributed by atoms with Gasteiger partial charge in [0.1, 0.15) is 6.04 Å². The molecule has 0 aromatic rings. The molecule has 16 heavy (non-hydrogen) atoms. The van der Waals surface area contributed by atoms with E-state index in [2.05, 4.69) is 24.1 Å². The van der Waals surface area contributed by atoms with Gasteiger partial charge in [-0.15, -0.1) is 0 Å². The van der Waals surface area contributed by atoms with Crippen LogP contribution < -0.4 is 5.32 Å². The van der Waals surface area contributed by atoms with Crippen LogP contribution in [-0.2, 0) is 4.79 Å². The minimum atomic E-state index is -0.745. The van der Waals surface area contributed by atoms with E-state index in [-0.39, 0.29) is 0 Å². The largest absolute Gasteiger partial charge is 0.480 e. The molecule has 0 aliphatic heterocycles. The molecular formula is C12H26N2O2. The van der Waals surface area contributed by atoms with Crippen LogP contribution in [0, 0.1) is 0 Å². The van der Waals surface area contributed by atoms with Gasteiger partial charge < -0.3 is 15.3 Å². The molecule has 0 fully saturated rings. The SMILES string of the molecule is CCCNC(CN(CCC)CCC)C(=O)O. The average Bonchev–Trinajstić information content (AvgIpc) is 2.24. The van der Waals surface area contributed by atoms with Gasteiger partial charge in [0, 0.05) is 6.54 Å². The summed E-state index contributed by atoms with van der Waals surface area (Å²) in [6, 6.07) is -0.432. The van der Waals surface area contributed by atoms with Gasteiger partial charge in [-0.1, -0.05) is 20.8 Å². The highest BCUT2D eigenvalue weighted by Crippen LogP contribution is 1.98. The van der Waals surface area contributed by atoms with E-state index in [0.717, 1.165) is 38.9 Å². The normalized spacial score (nSPS) is 13.0. The van der Waals surface area contributed by atoms with Gasteiger partial charge in [0.25, 0.3) is 0 Å². The molecule has 1 unspecified atom stereocenters. The number of carboxylic acid groups (broad SMARTS) is 1. The van der Waals surface area contributed by atoms with Gasteiger partial charge in [-0.05, 0) is 38.9 Å². The number of carbonyl (C=O) groups is 1. The van der Waals surface area contributed by atoms with Crippen molar-refractivity contribution in [3.05, 3.63) is 0 Å². The summed E-state index contributed by atoms with van der Waals surface area (Å²) in [6.45, 7) is 9.62. The Morgan fingerprint density at radius 3 is 2.12 bits per heavy atom. The number of aliphatic carboxylic acids is 1. The van der Waals surface area contributed by atoms with Crippen molar-refractivity contribution >= 4 is 5.97 Å². The first-order valence-electron chi connectivity index (χ1n) is 6.34. The predicted octanol–water partition coefficient (Wildman–Crippen LogP) is 1.56. The number of carboxylic acids is 1. The van der Waals surface area contributed by atoms with Crippen LogP contribution in [0.15, 0.2) is 0 Å². The topological polar surface area (TPSA) is 52.6 Å². The van der Waals surface area contributed by atoms with Crippen LogP contribution in [-0.4, -0.2) is 48.2 Å². The number of hydrogen-bond donors (Lipinski definition) is 2. The molecule has 0 aromatic carbocycles. The van der Waals surface area contributed by atoms with Crippen LogP contribution >= 0.6 is 0 Å². The molecule has 0 saturated carbocycles. The third kappa shape index (κ3) is 6.80. The lowest BCUT2D eigenvalue weighted by molar-refractivity contribution is -0.140. The fraction of sp³-hybridized carbons (Fsp3) is 0.917. The van der Waals surface area contributed by atoms with Crippen molar-refractivity contribution in [1.82, 2.24) is 10.2 Å². The molecule has 0 bridgehead atoms. The maximum Gasteiger partial charge on any atom is 0.322 e. The van der Waals surface area contributed by atoms with Crippen LogP contribution in [0.4, 0.5) is 0 Å². The maximum atomic E-state index is 11.1. The molecule has 2 N–H and O–H groups in total. The Bertz CT molecular complexity index is 180. The third-order valence-electron chi connectivity index (χ3n) is 2.46. The minimum Gasteiger partial charge on any atom is -0.480 e. The molecule has 0 heterocycles. The molecule has 0 radical (unpaired) electrons. The Hall–Kier alpha value is -0.610. The van der Waals surface area contributed by atoms with Crippen molar-refractivity contribution in [2.24, 2.45) is 0 Å². The molecular weight excluding hydrogens is 204 g/mol. The van der Waals surface area contributed by atoms with Crippen molar-refractivity contribution in [3.63, 3.8) is 0 Å². The summed E-state index contributed by atoms with van der Waals surface area (Å²) >= 11 is 0. The Morgan fingerprint density at radius 1 is 1.19 bits per heavy atom. The van der Waals surface area contributed by atoms with Crippen molar-refractivity contribution in [1.29, 1.82) is 0 Å². The molecule has 1 atom stereocenters. The quantitative estimate of drug-likeness (QED) is 0.598. The fourth-order valence-corrected chi connectivity index (χ4v) is 1.73. The van der Waals surface area contributed by atoms with E-state index in [1.807, 2.05) is 6.92 Å². The number of nitrogens with zero attached hydrogens (tertiary/aromatic N) is 1. The molecule has 4 heteroatoms. The summed E-state index contributed by atoms with van der Waals surface area (Å²) < 4.78 is 0. The van der Waals surface area contributed by atoms with Crippen LogP contribution in [0.25, 0.3) is 0 Å². The fourth-order valence-electron chi connectivity index (χ4n) is 1.73. The summed E-state index contributed by atoms with van der Waals surface area (Å²) in [5.74, 6) is -0.745. The van der Waals surface area contributed by atoms with Gasteiger partial charge in [-0.2, -0.15) is 0 Å². The first-order valence-corrected chi connectivity index (χ1v) is 6.34. The highest BCUT2D eigenvalue weighted by Gasteiger charge is 2.19. The van der Waals surface area contributed by atoms with Crippen LogP contribution in [0.2, 0.25) is 0 Å². The third-order valence-corrected chi connectivity index (χ3v) is 2.46. The monoisotopic (exact) mass is 230 g/mol. The molecule has 0 aliphatic rings. The standard InChI is InChI=1S/C12H26N2O2/c1-4-7-13-11(12(15)16)10-14(8-5-2)9-6-3/h11,13H,4-10H2,1-3H3,(H,15,16). The van der Waals surface area contributed by atoms with E-state index in [1.165, 1.54) is 0 Å². The molecule has 0 aromatic heterocycles. The summed E-state index contributed by atoms with van der Waals surface area (Å²) in [6.07, 6.45) is 3.10. The minimum absolute atomic E-state index is 0.432. The summed E-state index contributed by atoms with van der Waals surface area (Å²) in [5.41, 5.74) is 0. The summed E-state index contributed by atoms with van der Waals surface area (Å²) in [4.78, 5) is 13.3. The first-order chi connectivity index (χ1) is 7.65. The van der Waals surface area contributed by atoms with E-state index in [4.69, 9.17) is 5.11 Å². The molecule has 0 rings (SSSR count). The second kappa shape index (κ2) is 9.60. The van der Waals surface area contributed by atoms with Crippen LogP contribution in [0.3, 0.4) is 0 Å². The van der Waals surface area contributed by atoms with E-state index in [9.17, 15) is 4.79 Å². The van der Waals surface area contributed by atoms with E-state index >= 15 is 0 Å². The highest BCUT2D eigenvalue weighted by molar-refractivity contribution is 5.73. The molecule has 96 valence electrons. The Balaban J connectivity index is 4.14. The maximum absolute atomic E-state index is 11.1.